The highest BCUT2D eigenvalue weighted by Crippen LogP contribution is 2.17. The zero-order chi connectivity index (χ0) is 10.6. The Labute approximate surface area is 86.6 Å². The molecule has 0 aliphatic carbocycles. The first-order valence-corrected chi connectivity index (χ1v) is 5.73. The summed E-state index contributed by atoms with van der Waals surface area (Å²) in [5, 5.41) is 0. The molecule has 2 N–H and O–H groups in total. The lowest BCUT2D eigenvalue weighted by Crippen LogP contribution is -2.49. The number of nitrogens with two attached hydrogens (primary N) is 1. The fourth-order valence-electron chi connectivity index (χ4n) is 2.07. The molecule has 1 heterocycles. The molecular formula is C11H22N2O. The third kappa shape index (κ3) is 2.71. The highest BCUT2D eigenvalue weighted by Gasteiger charge is 2.26. The molecule has 0 radical (unpaired) electrons. The van der Waals surface area contributed by atoms with Crippen molar-refractivity contribution in [2.45, 2.75) is 58.0 Å². The lowest BCUT2D eigenvalue weighted by atomic mass is 10.0. The molecule has 0 aromatic rings. The summed E-state index contributed by atoms with van der Waals surface area (Å²) in [5.74, 6) is 0.152. The highest BCUT2D eigenvalue weighted by molar-refractivity contribution is 5.81. The zero-order valence-corrected chi connectivity index (χ0v) is 9.33. The molecule has 3 heteroatoms. The maximum Gasteiger partial charge on any atom is 0.239 e. The van der Waals surface area contributed by atoms with Crippen LogP contribution in [0, 0.1) is 0 Å². The van der Waals surface area contributed by atoms with Crippen molar-refractivity contribution < 1.29 is 4.79 Å². The van der Waals surface area contributed by atoms with Gasteiger partial charge in [-0.1, -0.05) is 13.3 Å². The normalized spacial score (nSPS) is 24.8. The number of amides is 1. The summed E-state index contributed by atoms with van der Waals surface area (Å²) >= 11 is 0. The second-order valence-electron chi connectivity index (χ2n) is 4.27. The number of nitrogens with zero attached hydrogens (tertiary/aromatic N) is 1. The average molecular weight is 198 g/mol. The predicted molar refractivity (Wildman–Crippen MR) is 57.9 cm³/mol. The third-order valence-electron chi connectivity index (χ3n) is 3.00. The lowest BCUT2D eigenvalue weighted by Gasteiger charge is -2.35. The standard InChI is InChI=1S/C11H22N2O/c1-3-6-10(12)11(14)13-8-5-4-7-9(13)2/h9-10H,3-8,12H2,1-2H3/t9?,10-/m1/s1. The fraction of sp³-hybridized carbons (Fsp3) is 0.909. The summed E-state index contributed by atoms with van der Waals surface area (Å²) in [6.45, 7) is 5.08. The van der Waals surface area contributed by atoms with Crippen molar-refractivity contribution in [1.82, 2.24) is 4.90 Å². The lowest BCUT2D eigenvalue weighted by molar-refractivity contribution is -0.136. The van der Waals surface area contributed by atoms with Crippen LogP contribution in [0.2, 0.25) is 0 Å². The van der Waals surface area contributed by atoms with Crippen LogP contribution in [0.1, 0.15) is 46.0 Å². The maximum absolute atomic E-state index is 11.9. The topological polar surface area (TPSA) is 46.3 Å². The minimum atomic E-state index is -0.277. The van der Waals surface area contributed by atoms with Crippen molar-refractivity contribution in [1.29, 1.82) is 0 Å². The van der Waals surface area contributed by atoms with Gasteiger partial charge in [0.2, 0.25) is 5.91 Å². The van der Waals surface area contributed by atoms with Crippen LogP contribution in [0.5, 0.6) is 0 Å². The van der Waals surface area contributed by atoms with Crippen LogP contribution in [0.15, 0.2) is 0 Å². The summed E-state index contributed by atoms with van der Waals surface area (Å²) in [6.07, 6.45) is 5.30. The highest BCUT2D eigenvalue weighted by atomic mass is 16.2. The monoisotopic (exact) mass is 198 g/mol. The largest absolute Gasteiger partial charge is 0.339 e. The molecule has 0 bridgehead atoms. The van der Waals surface area contributed by atoms with Gasteiger partial charge in [-0.25, -0.2) is 0 Å². The van der Waals surface area contributed by atoms with Crippen molar-refractivity contribution in [3.8, 4) is 0 Å². The number of piperidine rings is 1. The van der Waals surface area contributed by atoms with Crippen LogP contribution >= 0.6 is 0 Å². The minimum Gasteiger partial charge on any atom is -0.339 e. The second-order valence-corrected chi connectivity index (χ2v) is 4.27. The second kappa shape index (κ2) is 5.35. The Bertz CT molecular complexity index is 194. The maximum atomic E-state index is 11.9. The molecule has 1 aliphatic rings. The van der Waals surface area contributed by atoms with Gasteiger partial charge in [0, 0.05) is 12.6 Å². The first kappa shape index (κ1) is 11.5. The quantitative estimate of drug-likeness (QED) is 0.747. The molecule has 0 aromatic carbocycles. The SMILES string of the molecule is CCC[C@@H](N)C(=O)N1CCCCC1C. The van der Waals surface area contributed by atoms with E-state index in [-0.39, 0.29) is 11.9 Å². The molecule has 1 saturated heterocycles. The van der Waals surface area contributed by atoms with Gasteiger partial charge < -0.3 is 10.6 Å². The molecular weight excluding hydrogens is 176 g/mol. The van der Waals surface area contributed by atoms with E-state index < -0.39 is 0 Å². The van der Waals surface area contributed by atoms with E-state index in [1.807, 2.05) is 4.90 Å². The molecule has 0 saturated carbocycles. The van der Waals surface area contributed by atoms with Gasteiger partial charge in [0.15, 0.2) is 0 Å². The Balaban J connectivity index is 2.49. The number of hydrogen-bond donors (Lipinski definition) is 1. The molecule has 2 atom stereocenters. The van der Waals surface area contributed by atoms with E-state index in [0.717, 1.165) is 32.2 Å². The van der Waals surface area contributed by atoms with E-state index in [9.17, 15) is 4.79 Å². The van der Waals surface area contributed by atoms with Crippen LogP contribution in [0.3, 0.4) is 0 Å². The summed E-state index contributed by atoms with van der Waals surface area (Å²) < 4.78 is 0. The molecule has 1 rings (SSSR count). The van der Waals surface area contributed by atoms with Gasteiger partial charge in [-0.3, -0.25) is 4.79 Å². The van der Waals surface area contributed by atoms with Crippen LogP contribution in [-0.4, -0.2) is 29.4 Å². The first-order valence-electron chi connectivity index (χ1n) is 5.73. The van der Waals surface area contributed by atoms with Gasteiger partial charge in [0.05, 0.1) is 6.04 Å². The number of carbonyl (C=O) groups is 1. The van der Waals surface area contributed by atoms with Crippen molar-refractivity contribution in [3.63, 3.8) is 0 Å². The third-order valence-corrected chi connectivity index (χ3v) is 3.00. The van der Waals surface area contributed by atoms with Gasteiger partial charge in [-0.2, -0.15) is 0 Å². The molecule has 3 nitrogen and oxygen atoms in total. The molecule has 14 heavy (non-hydrogen) atoms. The summed E-state index contributed by atoms with van der Waals surface area (Å²) in [4.78, 5) is 13.9. The molecule has 1 unspecified atom stereocenters. The Morgan fingerprint density at radius 3 is 2.86 bits per heavy atom. The van der Waals surface area contributed by atoms with E-state index in [0.29, 0.717) is 6.04 Å². The Morgan fingerprint density at radius 2 is 2.29 bits per heavy atom. The van der Waals surface area contributed by atoms with Gasteiger partial charge in [0.25, 0.3) is 0 Å². The number of carbonyl (C=O) groups excluding carboxylic acids is 1. The molecule has 1 aliphatic heterocycles. The van der Waals surface area contributed by atoms with Gasteiger partial charge in [-0.15, -0.1) is 0 Å². The van der Waals surface area contributed by atoms with Gasteiger partial charge in [-0.05, 0) is 32.6 Å². The molecule has 0 aromatic heterocycles. The smallest absolute Gasteiger partial charge is 0.239 e. The Hall–Kier alpha value is -0.570. The van der Waals surface area contributed by atoms with E-state index >= 15 is 0 Å². The number of rotatable bonds is 3. The van der Waals surface area contributed by atoms with Crippen molar-refractivity contribution in [2.24, 2.45) is 5.73 Å². The van der Waals surface area contributed by atoms with Crippen molar-refractivity contribution >= 4 is 5.91 Å². The predicted octanol–water partition coefficient (Wildman–Crippen LogP) is 1.51. The Morgan fingerprint density at radius 1 is 1.57 bits per heavy atom. The zero-order valence-electron chi connectivity index (χ0n) is 9.33. The van der Waals surface area contributed by atoms with E-state index in [4.69, 9.17) is 5.73 Å². The number of hydrogen-bond acceptors (Lipinski definition) is 2. The molecule has 1 fully saturated rings. The fourth-order valence-corrected chi connectivity index (χ4v) is 2.07. The number of likely N-dealkylation sites (tertiary alicyclic amines) is 1. The summed E-state index contributed by atoms with van der Waals surface area (Å²) in [6, 6.07) is 0.111. The van der Waals surface area contributed by atoms with E-state index in [1.54, 1.807) is 0 Å². The van der Waals surface area contributed by atoms with Crippen molar-refractivity contribution in [2.75, 3.05) is 6.54 Å². The van der Waals surface area contributed by atoms with Crippen LogP contribution < -0.4 is 5.73 Å². The minimum absolute atomic E-state index is 0.152. The average Bonchev–Trinajstić information content (AvgIpc) is 2.18. The van der Waals surface area contributed by atoms with Gasteiger partial charge >= 0.3 is 0 Å². The van der Waals surface area contributed by atoms with Crippen LogP contribution in [0.25, 0.3) is 0 Å². The molecule has 0 spiro atoms. The van der Waals surface area contributed by atoms with Crippen LogP contribution in [0.4, 0.5) is 0 Å². The van der Waals surface area contributed by atoms with E-state index in [1.165, 1.54) is 6.42 Å². The molecule has 1 amide bonds. The summed E-state index contributed by atoms with van der Waals surface area (Å²) in [5.41, 5.74) is 5.83. The van der Waals surface area contributed by atoms with Crippen molar-refractivity contribution in [3.05, 3.63) is 0 Å². The molecule has 82 valence electrons. The van der Waals surface area contributed by atoms with Gasteiger partial charge in [0.1, 0.15) is 0 Å². The Kier molecular flexibility index (Phi) is 4.39. The first-order chi connectivity index (χ1) is 6.66. The van der Waals surface area contributed by atoms with Crippen LogP contribution in [-0.2, 0) is 4.79 Å². The van der Waals surface area contributed by atoms with E-state index in [2.05, 4.69) is 13.8 Å². The summed E-state index contributed by atoms with van der Waals surface area (Å²) in [7, 11) is 0.